The number of esters is 1. The molecular formula is C20H23NO6S. The summed E-state index contributed by atoms with van der Waals surface area (Å²) in [5.41, 5.74) is 0.430. The molecule has 2 aromatic rings. The number of rotatable bonds is 9. The fraction of sp³-hybridized carbons (Fsp3) is 0.300. The lowest BCUT2D eigenvalue weighted by Gasteiger charge is -2.31. The molecule has 0 heterocycles. The van der Waals surface area contributed by atoms with E-state index in [1.54, 1.807) is 42.5 Å². The average Bonchev–Trinajstić information content (AvgIpc) is 2.70. The zero-order chi connectivity index (χ0) is 20.7. The highest BCUT2D eigenvalue weighted by atomic mass is 32.2. The molecule has 7 nitrogen and oxygen atoms in total. The van der Waals surface area contributed by atoms with E-state index in [1.807, 2.05) is 0 Å². The predicted octanol–water partition coefficient (Wildman–Crippen LogP) is 2.11. The van der Waals surface area contributed by atoms with E-state index in [1.165, 1.54) is 38.2 Å². The molecule has 1 unspecified atom stereocenters. The van der Waals surface area contributed by atoms with Crippen molar-refractivity contribution in [1.29, 1.82) is 0 Å². The Morgan fingerprint density at radius 2 is 1.61 bits per heavy atom. The number of carbonyl (C=O) groups is 2. The summed E-state index contributed by atoms with van der Waals surface area (Å²) in [6, 6.07) is 13.5. The fourth-order valence-electron chi connectivity index (χ4n) is 2.84. The van der Waals surface area contributed by atoms with Crippen molar-refractivity contribution < 1.29 is 27.5 Å². The highest BCUT2D eigenvalue weighted by molar-refractivity contribution is 7.91. The van der Waals surface area contributed by atoms with Gasteiger partial charge in [0.1, 0.15) is 5.75 Å². The van der Waals surface area contributed by atoms with Crippen molar-refractivity contribution in [2.75, 3.05) is 31.4 Å². The molecule has 0 fully saturated rings. The minimum atomic E-state index is -3.62. The number of para-hydroxylation sites is 2. The molecule has 0 aromatic heterocycles. The molecule has 2 rings (SSSR count). The second-order valence-electron chi connectivity index (χ2n) is 6.03. The normalized spacial score (nSPS) is 12.1. The van der Waals surface area contributed by atoms with Gasteiger partial charge in [-0.25, -0.2) is 13.2 Å². The summed E-state index contributed by atoms with van der Waals surface area (Å²) < 4.78 is 35.5. The number of methoxy groups -OCH3 is 2. The lowest BCUT2D eigenvalue weighted by atomic mass is 10.1. The Hall–Kier alpha value is -2.87. The third-order valence-electron chi connectivity index (χ3n) is 4.22. The maximum absolute atomic E-state index is 12.7. The molecule has 28 heavy (non-hydrogen) atoms. The van der Waals surface area contributed by atoms with Gasteiger partial charge in [-0.2, -0.15) is 0 Å². The Morgan fingerprint density at radius 3 is 2.18 bits per heavy atom. The molecule has 0 aliphatic carbocycles. The zero-order valence-electron chi connectivity index (χ0n) is 16.0. The van der Waals surface area contributed by atoms with Crippen LogP contribution in [0.2, 0.25) is 0 Å². The van der Waals surface area contributed by atoms with E-state index >= 15 is 0 Å². The van der Waals surface area contributed by atoms with Crippen LogP contribution in [0.4, 0.5) is 5.69 Å². The number of ketones is 1. The number of sulfone groups is 1. The van der Waals surface area contributed by atoms with Crippen molar-refractivity contribution in [3.63, 3.8) is 0 Å². The quantitative estimate of drug-likeness (QED) is 0.466. The Kier molecular flexibility index (Phi) is 7.17. The Labute approximate surface area is 164 Å². The summed E-state index contributed by atoms with van der Waals surface area (Å²) in [5.74, 6) is -1.12. The van der Waals surface area contributed by atoms with Crippen molar-refractivity contribution in [2.45, 2.75) is 17.9 Å². The highest BCUT2D eigenvalue weighted by Crippen LogP contribution is 2.30. The van der Waals surface area contributed by atoms with Gasteiger partial charge in [0.2, 0.25) is 0 Å². The van der Waals surface area contributed by atoms with Crippen LogP contribution in [0.5, 0.6) is 5.75 Å². The summed E-state index contributed by atoms with van der Waals surface area (Å²) in [5, 5.41) is 0. The maximum atomic E-state index is 12.7. The van der Waals surface area contributed by atoms with Gasteiger partial charge < -0.3 is 14.4 Å². The molecule has 150 valence electrons. The van der Waals surface area contributed by atoms with E-state index in [9.17, 15) is 18.0 Å². The average molecular weight is 405 g/mol. The van der Waals surface area contributed by atoms with Gasteiger partial charge in [-0.1, -0.05) is 30.3 Å². The fourth-order valence-corrected chi connectivity index (χ4v) is 4.09. The van der Waals surface area contributed by atoms with Crippen molar-refractivity contribution in [3.8, 4) is 5.75 Å². The lowest BCUT2D eigenvalue weighted by molar-refractivity contribution is -0.145. The number of hydrogen-bond acceptors (Lipinski definition) is 7. The van der Waals surface area contributed by atoms with E-state index < -0.39 is 27.6 Å². The highest BCUT2D eigenvalue weighted by Gasteiger charge is 2.33. The van der Waals surface area contributed by atoms with Gasteiger partial charge in [0.15, 0.2) is 21.7 Å². The first-order chi connectivity index (χ1) is 13.3. The van der Waals surface area contributed by atoms with Crippen LogP contribution in [0.1, 0.15) is 6.92 Å². The molecule has 0 radical (unpaired) electrons. The van der Waals surface area contributed by atoms with E-state index in [0.29, 0.717) is 11.4 Å². The summed E-state index contributed by atoms with van der Waals surface area (Å²) in [7, 11) is -0.984. The molecule has 8 heteroatoms. The van der Waals surface area contributed by atoms with Gasteiger partial charge >= 0.3 is 5.97 Å². The molecule has 0 spiro atoms. The number of hydrogen-bond donors (Lipinski definition) is 0. The number of ether oxygens (including phenoxy) is 2. The van der Waals surface area contributed by atoms with Crippen molar-refractivity contribution in [3.05, 3.63) is 54.6 Å². The van der Waals surface area contributed by atoms with Gasteiger partial charge in [0.05, 0.1) is 30.6 Å². The lowest BCUT2D eigenvalue weighted by Crippen LogP contribution is -2.48. The third-order valence-corrected chi connectivity index (χ3v) is 5.93. The molecule has 0 amide bonds. The largest absolute Gasteiger partial charge is 0.495 e. The zero-order valence-corrected chi connectivity index (χ0v) is 16.8. The van der Waals surface area contributed by atoms with Crippen LogP contribution in [-0.4, -0.2) is 52.7 Å². The van der Waals surface area contributed by atoms with E-state index in [4.69, 9.17) is 9.47 Å². The van der Waals surface area contributed by atoms with Crippen LogP contribution in [0.25, 0.3) is 0 Å². The van der Waals surface area contributed by atoms with Crippen molar-refractivity contribution in [1.82, 2.24) is 0 Å². The smallest absolute Gasteiger partial charge is 0.336 e. The van der Waals surface area contributed by atoms with E-state index in [2.05, 4.69) is 0 Å². The Morgan fingerprint density at radius 1 is 1.00 bits per heavy atom. The molecule has 0 saturated heterocycles. The van der Waals surface area contributed by atoms with Crippen molar-refractivity contribution in [2.24, 2.45) is 0 Å². The summed E-state index contributed by atoms with van der Waals surface area (Å²) >= 11 is 0. The second-order valence-corrected chi connectivity index (χ2v) is 8.14. The Bertz CT molecular complexity index is 927. The van der Waals surface area contributed by atoms with Crippen LogP contribution in [0.3, 0.4) is 0 Å². The van der Waals surface area contributed by atoms with Gasteiger partial charge in [0, 0.05) is 6.54 Å². The molecule has 0 N–H and O–H groups in total. The number of carbonyl (C=O) groups excluding carboxylic acids is 2. The van der Waals surface area contributed by atoms with Gasteiger partial charge in [0.25, 0.3) is 0 Å². The van der Waals surface area contributed by atoms with E-state index in [0.717, 1.165) is 0 Å². The van der Waals surface area contributed by atoms with Gasteiger partial charge in [-0.05, 0) is 31.2 Å². The van der Waals surface area contributed by atoms with E-state index in [-0.39, 0.29) is 17.2 Å². The molecular weight excluding hydrogens is 382 g/mol. The molecule has 0 saturated carbocycles. The number of nitrogens with zero attached hydrogens (tertiary/aromatic N) is 1. The van der Waals surface area contributed by atoms with Crippen LogP contribution in [-0.2, 0) is 24.2 Å². The van der Waals surface area contributed by atoms with Gasteiger partial charge in [-0.3, -0.25) is 4.79 Å². The number of anilines is 1. The van der Waals surface area contributed by atoms with Crippen molar-refractivity contribution >= 4 is 27.3 Å². The molecule has 1 atom stereocenters. The summed E-state index contributed by atoms with van der Waals surface area (Å²) in [6.45, 7) is 1.16. The first-order valence-electron chi connectivity index (χ1n) is 8.57. The first kappa shape index (κ1) is 21.4. The molecule has 0 bridgehead atoms. The van der Waals surface area contributed by atoms with Gasteiger partial charge in [-0.15, -0.1) is 0 Å². The first-order valence-corrected chi connectivity index (χ1v) is 10.2. The summed E-state index contributed by atoms with van der Waals surface area (Å²) in [6.07, 6.45) is 0. The number of benzene rings is 2. The predicted molar refractivity (Wildman–Crippen MR) is 105 cm³/mol. The Balaban J connectivity index is 2.44. The minimum Gasteiger partial charge on any atom is -0.495 e. The van der Waals surface area contributed by atoms with Crippen LogP contribution < -0.4 is 9.64 Å². The molecule has 2 aromatic carbocycles. The molecule has 0 aliphatic rings. The topological polar surface area (TPSA) is 90.0 Å². The molecule has 0 aliphatic heterocycles. The maximum Gasteiger partial charge on any atom is 0.336 e. The monoisotopic (exact) mass is 405 g/mol. The summed E-state index contributed by atoms with van der Waals surface area (Å²) in [4.78, 5) is 26.1. The third kappa shape index (κ3) is 4.89. The van der Waals surface area contributed by atoms with Crippen LogP contribution in [0, 0.1) is 0 Å². The number of Topliss-reactive ketones (excluding diaryl/α,β-unsaturated/α-hetero) is 1. The second kappa shape index (κ2) is 9.36. The standard InChI is InChI=1S/C20H23NO6S/c1-15(22)19(20(23)27-3)21(17-11-7-8-12-18(17)26-2)13-14-28(24,25)16-9-5-4-6-10-16/h4-12,19H,13-14H2,1-3H3. The van der Waals surface area contributed by atoms with Crippen LogP contribution >= 0.6 is 0 Å². The SMILES string of the molecule is COC(=O)C(C(C)=O)N(CCS(=O)(=O)c1ccccc1)c1ccccc1OC. The minimum absolute atomic E-state index is 0.100. The van der Waals surface area contributed by atoms with Crippen LogP contribution in [0.15, 0.2) is 59.5 Å².